The molecule has 0 saturated carbocycles. The van der Waals surface area contributed by atoms with Crippen molar-refractivity contribution < 1.29 is 31.5 Å². The van der Waals surface area contributed by atoms with Crippen molar-refractivity contribution in [2.45, 2.75) is 19.2 Å². The Balaban J connectivity index is 2.29. The monoisotopic (exact) mass is 337 g/mol. The van der Waals surface area contributed by atoms with Crippen molar-refractivity contribution in [2.24, 2.45) is 0 Å². The number of ether oxygens (including phenoxy) is 1. The molecule has 0 aliphatic carbocycles. The molecule has 2 rings (SSSR count). The van der Waals surface area contributed by atoms with Crippen LogP contribution in [0.15, 0.2) is 23.6 Å². The zero-order chi connectivity index (χ0) is 16.5. The molecule has 0 radical (unpaired) electrons. The first-order valence-corrected chi connectivity index (χ1v) is 6.71. The summed E-state index contributed by atoms with van der Waals surface area (Å²) in [7, 11) is 0. The van der Waals surface area contributed by atoms with Gasteiger partial charge in [0.15, 0.2) is 0 Å². The summed E-state index contributed by atoms with van der Waals surface area (Å²) in [5.41, 5.74) is -0.456. The Morgan fingerprint density at radius 1 is 1.32 bits per heavy atom. The van der Waals surface area contributed by atoms with E-state index in [0.29, 0.717) is 29.2 Å². The number of halogens is 5. The van der Waals surface area contributed by atoms with Gasteiger partial charge in [0, 0.05) is 17.1 Å². The van der Waals surface area contributed by atoms with E-state index in [2.05, 4.69) is 9.72 Å². The lowest BCUT2D eigenvalue weighted by Gasteiger charge is -2.18. The highest BCUT2D eigenvalue weighted by atomic mass is 32.1. The van der Waals surface area contributed by atoms with Gasteiger partial charge in [-0.3, -0.25) is 0 Å². The number of hydrogen-bond acceptors (Lipinski definition) is 4. The number of hydrogen-bond donors (Lipinski definition) is 0. The minimum absolute atomic E-state index is 0.332. The zero-order valence-corrected chi connectivity index (χ0v) is 11.8. The zero-order valence-electron chi connectivity index (χ0n) is 10.9. The van der Waals surface area contributed by atoms with Crippen molar-refractivity contribution >= 4 is 17.3 Å². The normalized spacial score (nSPS) is 13.0. The number of nitrogens with zero attached hydrogens (tertiary/aromatic N) is 1. The maximum absolute atomic E-state index is 13.4. The van der Waals surface area contributed by atoms with Crippen molar-refractivity contribution in [1.82, 2.24) is 4.98 Å². The highest BCUT2D eigenvalue weighted by molar-refractivity contribution is 7.09. The largest absolute Gasteiger partial charge is 0.441 e. The smallest absolute Gasteiger partial charge is 0.432 e. The molecule has 2 aromatic rings. The van der Waals surface area contributed by atoms with Crippen LogP contribution in [-0.4, -0.2) is 17.1 Å². The molecule has 0 N–H and O–H groups in total. The number of carbonyl (C=O) groups is 1. The van der Waals surface area contributed by atoms with Crippen LogP contribution in [-0.2, 0) is 4.74 Å². The van der Waals surface area contributed by atoms with E-state index in [-0.39, 0.29) is 0 Å². The van der Waals surface area contributed by atoms with Crippen LogP contribution in [0.2, 0.25) is 0 Å². The average molecular weight is 337 g/mol. The predicted octanol–water partition coefficient (Wildman–Crippen LogP) is 4.19. The summed E-state index contributed by atoms with van der Waals surface area (Å²) >= 11 is 0.666. The van der Waals surface area contributed by atoms with E-state index in [0.717, 1.165) is 6.07 Å². The van der Waals surface area contributed by atoms with E-state index < -0.39 is 40.5 Å². The van der Waals surface area contributed by atoms with Crippen LogP contribution in [0.5, 0.6) is 0 Å². The molecule has 1 aromatic carbocycles. The molecule has 0 aliphatic heterocycles. The summed E-state index contributed by atoms with van der Waals surface area (Å²) in [6.07, 6.45) is -7.51. The summed E-state index contributed by atoms with van der Waals surface area (Å²) in [4.78, 5) is 15.3. The Hall–Kier alpha value is -2.03. The van der Waals surface area contributed by atoms with Crippen LogP contribution >= 0.6 is 11.3 Å². The molecule has 1 heterocycles. The molecule has 0 saturated heterocycles. The lowest BCUT2D eigenvalue weighted by atomic mass is 10.2. The maximum Gasteiger partial charge on any atom is 0.432 e. The number of carbonyl (C=O) groups excluding carboxylic acids is 1. The minimum Gasteiger partial charge on any atom is -0.441 e. The van der Waals surface area contributed by atoms with Gasteiger partial charge in [0.25, 0.3) is 0 Å². The number of alkyl halides is 3. The van der Waals surface area contributed by atoms with Crippen LogP contribution in [0.25, 0.3) is 0 Å². The van der Waals surface area contributed by atoms with Crippen LogP contribution in [0.4, 0.5) is 22.0 Å². The van der Waals surface area contributed by atoms with Crippen molar-refractivity contribution in [1.29, 1.82) is 0 Å². The molecule has 0 amide bonds. The van der Waals surface area contributed by atoms with Gasteiger partial charge in [-0.1, -0.05) is 0 Å². The third-order valence-electron chi connectivity index (χ3n) is 2.53. The Morgan fingerprint density at radius 2 is 2.00 bits per heavy atom. The van der Waals surface area contributed by atoms with Gasteiger partial charge < -0.3 is 4.74 Å². The van der Waals surface area contributed by atoms with Crippen molar-refractivity contribution in [2.75, 3.05) is 0 Å². The quantitative estimate of drug-likeness (QED) is 0.623. The summed E-state index contributed by atoms with van der Waals surface area (Å²) in [5.74, 6) is -3.81. The molecule has 0 fully saturated rings. The summed E-state index contributed by atoms with van der Waals surface area (Å²) in [5, 5.41) is 0.890. The Kier molecular flexibility index (Phi) is 4.45. The molecule has 0 spiro atoms. The summed E-state index contributed by atoms with van der Waals surface area (Å²) in [6, 6.07) is 1.84. The first-order chi connectivity index (χ1) is 10.2. The summed E-state index contributed by atoms with van der Waals surface area (Å²) < 4.78 is 69.5. The standard InChI is InChI=1S/C13H8F5NO2S/c1-6-5-22-11(19-6)10(13(16,17)18)21-12(20)8-3-2-7(14)4-9(8)15/h2-5,10H,1H3. The molecule has 1 unspecified atom stereocenters. The highest BCUT2D eigenvalue weighted by Gasteiger charge is 2.46. The molecule has 22 heavy (non-hydrogen) atoms. The van der Waals surface area contributed by atoms with E-state index in [1.807, 2.05) is 0 Å². The van der Waals surface area contributed by atoms with Gasteiger partial charge in [-0.2, -0.15) is 13.2 Å². The molecule has 1 aromatic heterocycles. The number of rotatable bonds is 3. The van der Waals surface area contributed by atoms with Gasteiger partial charge in [0.2, 0.25) is 6.10 Å². The van der Waals surface area contributed by atoms with E-state index >= 15 is 0 Å². The summed E-state index contributed by atoms with van der Waals surface area (Å²) in [6.45, 7) is 1.48. The van der Waals surface area contributed by atoms with Gasteiger partial charge in [0.05, 0.1) is 5.56 Å². The minimum atomic E-state index is -4.91. The lowest BCUT2D eigenvalue weighted by molar-refractivity contribution is -0.207. The second kappa shape index (κ2) is 5.99. The fourth-order valence-electron chi connectivity index (χ4n) is 1.58. The van der Waals surface area contributed by atoms with E-state index in [9.17, 15) is 26.7 Å². The molecule has 3 nitrogen and oxygen atoms in total. The first kappa shape index (κ1) is 16.3. The van der Waals surface area contributed by atoms with E-state index in [1.54, 1.807) is 0 Å². The van der Waals surface area contributed by atoms with Crippen LogP contribution in [0.3, 0.4) is 0 Å². The number of benzene rings is 1. The fourth-order valence-corrected chi connectivity index (χ4v) is 2.42. The van der Waals surface area contributed by atoms with Crippen LogP contribution in [0.1, 0.15) is 27.2 Å². The molecule has 118 valence electrons. The van der Waals surface area contributed by atoms with Crippen LogP contribution < -0.4 is 0 Å². The third-order valence-corrected chi connectivity index (χ3v) is 3.54. The van der Waals surface area contributed by atoms with Gasteiger partial charge in [-0.25, -0.2) is 18.6 Å². The van der Waals surface area contributed by atoms with Gasteiger partial charge in [0.1, 0.15) is 16.6 Å². The maximum atomic E-state index is 13.4. The van der Waals surface area contributed by atoms with Crippen LogP contribution in [0, 0.1) is 18.6 Å². The number of aromatic nitrogens is 1. The molecule has 0 aliphatic rings. The van der Waals surface area contributed by atoms with E-state index in [4.69, 9.17) is 0 Å². The second-order valence-corrected chi connectivity index (χ2v) is 5.17. The molecular formula is C13H8F5NO2S. The number of aryl methyl sites for hydroxylation is 1. The fraction of sp³-hybridized carbons (Fsp3) is 0.231. The van der Waals surface area contributed by atoms with E-state index in [1.165, 1.54) is 12.3 Å². The van der Waals surface area contributed by atoms with Gasteiger partial charge in [-0.05, 0) is 19.1 Å². The molecular weight excluding hydrogens is 329 g/mol. The average Bonchev–Trinajstić information content (AvgIpc) is 2.80. The van der Waals surface area contributed by atoms with Crippen molar-refractivity contribution in [3.05, 3.63) is 51.5 Å². The Bertz CT molecular complexity index is 698. The Morgan fingerprint density at radius 3 is 2.50 bits per heavy atom. The molecule has 1 atom stereocenters. The molecule has 0 bridgehead atoms. The third kappa shape index (κ3) is 3.59. The molecule has 9 heteroatoms. The second-order valence-electron chi connectivity index (χ2n) is 4.28. The lowest BCUT2D eigenvalue weighted by Crippen LogP contribution is -2.26. The highest BCUT2D eigenvalue weighted by Crippen LogP contribution is 2.37. The van der Waals surface area contributed by atoms with Crippen molar-refractivity contribution in [3.63, 3.8) is 0 Å². The van der Waals surface area contributed by atoms with Crippen molar-refractivity contribution in [3.8, 4) is 0 Å². The Labute approximate surface area is 125 Å². The van der Waals surface area contributed by atoms with Gasteiger partial charge >= 0.3 is 12.1 Å². The topological polar surface area (TPSA) is 39.2 Å². The number of thiazole rings is 1. The number of esters is 1. The first-order valence-electron chi connectivity index (χ1n) is 5.83. The SMILES string of the molecule is Cc1csc(C(OC(=O)c2ccc(F)cc2F)C(F)(F)F)n1. The van der Waals surface area contributed by atoms with Gasteiger partial charge in [-0.15, -0.1) is 11.3 Å². The predicted molar refractivity (Wildman–Crippen MR) is 67.4 cm³/mol.